The zero-order valence-corrected chi connectivity index (χ0v) is 14.8. The second-order valence-electron chi connectivity index (χ2n) is 6.70. The van der Waals surface area contributed by atoms with E-state index in [1.165, 1.54) is 5.56 Å². The van der Waals surface area contributed by atoms with Crippen molar-refractivity contribution in [3.63, 3.8) is 0 Å². The largest absolute Gasteiger partial charge is 0.387 e. The van der Waals surface area contributed by atoms with Crippen LogP contribution in [0, 0.1) is 0 Å². The summed E-state index contributed by atoms with van der Waals surface area (Å²) in [6, 6.07) is 7.87. The van der Waals surface area contributed by atoms with Crippen molar-refractivity contribution in [1.82, 2.24) is 10.6 Å². The molecular formula is C17H27ClN2O3. The van der Waals surface area contributed by atoms with Crippen LogP contribution in [0.2, 0.25) is 0 Å². The van der Waals surface area contributed by atoms with Crippen LogP contribution in [-0.4, -0.2) is 43.4 Å². The van der Waals surface area contributed by atoms with E-state index in [-0.39, 0.29) is 30.3 Å². The molecule has 1 fully saturated rings. The van der Waals surface area contributed by atoms with Gasteiger partial charge in [0, 0.05) is 19.6 Å². The van der Waals surface area contributed by atoms with E-state index in [0.717, 1.165) is 12.1 Å². The summed E-state index contributed by atoms with van der Waals surface area (Å²) in [4.78, 5) is 11.9. The molecule has 1 aromatic carbocycles. The van der Waals surface area contributed by atoms with Gasteiger partial charge in [-0.25, -0.2) is 0 Å². The molecule has 2 atom stereocenters. The third-order valence-electron chi connectivity index (χ3n) is 3.85. The standard InChI is InChI=1S/C17H26N2O3.ClH/c1-17(2,3)13-6-4-12(5-7-13)14(20)10-19-16(21)15-11-18-8-9-22-15;/h4-7,14-15,18,20H,8-11H2,1-3H3,(H,19,21);1H. The summed E-state index contributed by atoms with van der Waals surface area (Å²) < 4.78 is 5.37. The van der Waals surface area contributed by atoms with Gasteiger partial charge in [0.2, 0.25) is 0 Å². The summed E-state index contributed by atoms with van der Waals surface area (Å²) in [5.74, 6) is -0.183. The lowest BCUT2D eigenvalue weighted by Crippen LogP contribution is -2.48. The third kappa shape index (κ3) is 5.77. The molecular weight excluding hydrogens is 316 g/mol. The Kier molecular flexibility index (Phi) is 7.48. The number of aliphatic hydroxyl groups is 1. The molecule has 6 heteroatoms. The van der Waals surface area contributed by atoms with Gasteiger partial charge in [0.1, 0.15) is 6.10 Å². The van der Waals surface area contributed by atoms with Crippen LogP contribution < -0.4 is 10.6 Å². The predicted molar refractivity (Wildman–Crippen MR) is 93.0 cm³/mol. The summed E-state index contributed by atoms with van der Waals surface area (Å²) in [5, 5.41) is 16.0. The molecule has 1 aliphatic heterocycles. The first-order valence-corrected chi connectivity index (χ1v) is 7.76. The average molecular weight is 343 g/mol. The van der Waals surface area contributed by atoms with Crippen molar-refractivity contribution < 1.29 is 14.6 Å². The van der Waals surface area contributed by atoms with E-state index in [4.69, 9.17) is 4.74 Å². The number of amides is 1. The summed E-state index contributed by atoms with van der Waals surface area (Å²) in [6.07, 6.45) is -1.18. The number of morpholine rings is 1. The molecule has 5 nitrogen and oxygen atoms in total. The van der Waals surface area contributed by atoms with Gasteiger partial charge >= 0.3 is 0 Å². The number of ether oxygens (including phenoxy) is 1. The van der Waals surface area contributed by atoms with Gasteiger partial charge in [0.15, 0.2) is 0 Å². The van der Waals surface area contributed by atoms with Gasteiger partial charge in [-0.15, -0.1) is 12.4 Å². The number of hydrogen-bond acceptors (Lipinski definition) is 4. The lowest BCUT2D eigenvalue weighted by Gasteiger charge is -2.23. The molecule has 0 aliphatic carbocycles. The van der Waals surface area contributed by atoms with E-state index < -0.39 is 12.2 Å². The van der Waals surface area contributed by atoms with Gasteiger partial charge in [-0.1, -0.05) is 45.0 Å². The first kappa shape index (κ1) is 19.9. The fraction of sp³-hybridized carbons (Fsp3) is 0.588. The Balaban J connectivity index is 0.00000264. The van der Waals surface area contributed by atoms with E-state index >= 15 is 0 Å². The highest BCUT2D eigenvalue weighted by atomic mass is 35.5. The Morgan fingerprint density at radius 3 is 2.57 bits per heavy atom. The predicted octanol–water partition coefficient (Wildman–Crippen LogP) is 1.54. The van der Waals surface area contributed by atoms with E-state index in [1.807, 2.05) is 24.3 Å². The van der Waals surface area contributed by atoms with Crippen LogP contribution in [-0.2, 0) is 14.9 Å². The van der Waals surface area contributed by atoms with Crippen molar-refractivity contribution in [2.45, 2.75) is 38.4 Å². The number of carbonyl (C=O) groups excluding carboxylic acids is 1. The average Bonchev–Trinajstić information content (AvgIpc) is 2.52. The van der Waals surface area contributed by atoms with Crippen molar-refractivity contribution in [2.75, 3.05) is 26.2 Å². The van der Waals surface area contributed by atoms with E-state index in [0.29, 0.717) is 13.2 Å². The Hall–Kier alpha value is -1.14. The second-order valence-corrected chi connectivity index (χ2v) is 6.70. The molecule has 1 aromatic rings. The minimum Gasteiger partial charge on any atom is -0.387 e. The number of rotatable bonds is 4. The number of carbonyl (C=O) groups is 1. The molecule has 1 amide bonds. The van der Waals surface area contributed by atoms with Crippen molar-refractivity contribution in [3.05, 3.63) is 35.4 Å². The highest BCUT2D eigenvalue weighted by Crippen LogP contribution is 2.23. The van der Waals surface area contributed by atoms with Crippen LogP contribution >= 0.6 is 12.4 Å². The van der Waals surface area contributed by atoms with Gasteiger partial charge in [0.25, 0.3) is 5.91 Å². The number of nitrogens with one attached hydrogen (secondary N) is 2. The molecule has 23 heavy (non-hydrogen) atoms. The van der Waals surface area contributed by atoms with Gasteiger partial charge in [-0.2, -0.15) is 0 Å². The van der Waals surface area contributed by atoms with Crippen LogP contribution in [0.1, 0.15) is 38.0 Å². The number of halogens is 1. The zero-order valence-electron chi connectivity index (χ0n) is 14.0. The molecule has 2 unspecified atom stereocenters. The Bertz CT molecular complexity index is 494. The van der Waals surface area contributed by atoms with Gasteiger partial charge in [-0.3, -0.25) is 4.79 Å². The summed E-state index contributed by atoms with van der Waals surface area (Å²) >= 11 is 0. The van der Waals surface area contributed by atoms with Gasteiger partial charge in [-0.05, 0) is 16.5 Å². The number of aliphatic hydroxyl groups excluding tert-OH is 1. The lowest BCUT2D eigenvalue weighted by molar-refractivity contribution is -0.134. The van der Waals surface area contributed by atoms with Crippen molar-refractivity contribution in [3.8, 4) is 0 Å². The van der Waals surface area contributed by atoms with Crippen molar-refractivity contribution in [2.24, 2.45) is 0 Å². The zero-order chi connectivity index (χ0) is 16.2. The molecule has 0 aromatic heterocycles. The van der Waals surface area contributed by atoms with Crippen LogP contribution in [0.3, 0.4) is 0 Å². The Labute approximate surface area is 144 Å². The Morgan fingerprint density at radius 1 is 1.39 bits per heavy atom. The minimum absolute atomic E-state index is 0. The monoisotopic (exact) mass is 342 g/mol. The molecule has 1 heterocycles. The topological polar surface area (TPSA) is 70.6 Å². The molecule has 2 rings (SSSR count). The fourth-order valence-corrected chi connectivity index (χ4v) is 2.37. The first-order valence-electron chi connectivity index (χ1n) is 7.76. The van der Waals surface area contributed by atoms with Crippen molar-refractivity contribution >= 4 is 18.3 Å². The molecule has 3 N–H and O–H groups in total. The van der Waals surface area contributed by atoms with E-state index in [9.17, 15) is 9.90 Å². The molecule has 130 valence electrons. The third-order valence-corrected chi connectivity index (χ3v) is 3.85. The van der Waals surface area contributed by atoms with Gasteiger partial charge in [0.05, 0.1) is 12.7 Å². The molecule has 1 aliphatic rings. The molecule has 0 radical (unpaired) electrons. The first-order chi connectivity index (χ1) is 10.4. The maximum Gasteiger partial charge on any atom is 0.250 e. The molecule has 0 bridgehead atoms. The molecule has 0 saturated carbocycles. The quantitative estimate of drug-likeness (QED) is 0.776. The highest BCUT2D eigenvalue weighted by Gasteiger charge is 2.22. The fourth-order valence-electron chi connectivity index (χ4n) is 2.37. The summed E-state index contributed by atoms with van der Waals surface area (Å²) in [6.45, 7) is 8.46. The van der Waals surface area contributed by atoms with Crippen molar-refractivity contribution in [1.29, 1.82) is 0 Å². The number of benzene rings is 1. The minimum atomic E-state index is -0.713. The second kappa shape index (κ2) is 8.64. The van der Waals surface area contributed by atoms with Gasteiger partial charge < -0.3 is 20.5 Å². The smallest absolute Gasteiger partial charge is 0.250 e. The maximum absolute atomic E-state index is 11.9. The van der Waals surface area contributed by atoms with E-state index in [2.05, 4.69) is 31.4 Å². The summed E-state index contributed by atoms with van der Waals surface area (Å²) in [5.41, 5.74) is 2.10. The molecule has 0 spiro atoms. The normalized spacial score (nSPS) is 19.6. The van der Waals surface area contributed by atoms with Crippen LogP contribution in [0.25, 0.3) is 0 Å². The Morgan fingerprint density at radius 2 is 2.04 bits per heavy atom. The maximum atomic E-state index is 11.9. The number of hydrogen-bond donors (Lipinski definition) is 3. The highest BCUT2D eigenvalue weighted by molar-refractivity contribution is 5.85. The van der Waals surface area contributed by atoms with Crippen LogP contribution in [0.5, 0.6) is 0 Å². The van der Waals surface area contributed by atoms with Crippen LogP contribution in [0.4, 0.5) is 0 Å². The SMILES string of the molecule is CC(C)(C)c1ccc(C(O)CNC(=O)C2CNCCO2)cc1.Cl. The van der Waals surface area contributed by atoms with E-state index in [1.54, 1.807) is 0 Å². The lowest BCUT2D eigenvalue weighted by atomic mass is 9.86. The summed E-state index contributed by atoms with van der Waals surface area (Å²) in [7, 11) is 0. The molecule has 1 saturated heterocycles. The van der Waals surface area contributed by atoms with Crippen LogP contribution in [0.15, 0.2) is 24.3 Å².